The topological polar surface area (TPSA) is 91.8 Å². The number of carbonyl (C=O) groups excluding carboxylic acids is 3. The summed E-state index contributed by atoms with van der Waals surface area (Å²) in [6.45, 7) is 2.22. The fourth-order valence-corrected chi connectivity index (χ4v) is 5.23. The number of pyridine rings is 1. The maximum absolute atomic E-state index is 13.6. The zero-order valence-corrected chi connectivity index (χ0v) is 17.0. The zero-order chi connectivity index (χ0) is 21.2. The minimum Gasteiger partial charge on any atom is -0.449 e. The van der Waals surface area contributed by atoms with Crippen molar-refractivity contribution >= 4 is 23.6 Å². The molecule has 0 radical (unpaired) electrons. The number of aromatic nitrogens is 1. The normalized spacial score (nSPS) is 25.5. The number of esters is 1. The van der Waals surface area contributed by atoms with Gasteiger partial charge in [-0.3, -0.25) is 14.7 Å². The van der Waals surface area contributed by atoms with Gasteiger partial charge in [-0.2, -0.15) is 0 Å². The van der Waals surface area contributed by atoms with Gasteiger partial charge in [-0.1, -0.05) is 12.1 Å². The molecule has 6 rings (SSSR count). The Bertz CT molecular complexity index is 1110. The lowest BCUT2D eigenvalue weighted by Crippen LogP contribution is -2.40. The van der Waals surface area contributed by atoms with Gasteiger partial charge in [0, 0.05) is 49.7 Å². The predicted molar refractivity (Wildman–Crippen MR) is 111 cm³/mol. The lowest BCUT2D eigenvalue weighted by Gasteiger charge is -2.27. The Labute approximate surface area is 179 Å². The summed E-state index contributed by atoms with van der Waals surface area (Å²) < 4.78 is 5.77. The second-order valence-electron chi connectivity index (χ2n) is 8.79. The van der Waals surface area contributed by atoms with Gasteiger partial charge >= 0.3 is 12.0 Å². The molecule has 1 N–H and O–H groups in total. The second-order valence-corrected chi connectivity index (χ2v) is 8.79. The van der Waals surface area contributed by atoms with Crippen molar-refractivity contribution in [3.05, 3.63) is 59.4 Å². The number of ether oxygens (including phenoxy) is 1. The molecular weight excluding hydrogens is 396 g/mol. The summed E-state index contributed by atoms with van der Waals surface area (Å²) >= 11 is 0. The van der Waals surface area contributed by atoms with Crippen LogP contribution in [-0.4, -0.2) is 54.0 Å². The van der Waals surface area contributed by atoms with Crippen molar-refractivity contribution in [2.24, 2.45) is 0 Å². The van der Waals surface area contributed by atoms with Gasteiger partial charge in [0.05, 0.1) is 17.5 Å². The van der Waals surface area contributed by atoms with Crippen LogP contribution in [0.25, 0.3) is 0 Å². The van der Waals surface area contributed by atoms with Crippen LogP contribution in [0, 0.1) is 0 Å². The molecule has 8 nitrogen and oxygen atoms in total. The largest absolute Gasteiger partial charge is 0.449 e. The van der Waals surface area contributed by atoms with E-state index in [1.807, 2.05) is 35.2 Å². The molecule has 1 aliphatic carbocycles. The quantitative estimate of drug-likeness (QED) is 0.770. The van der Waals surface area contributed by atoms with Crippen LogP contribution in [0.4, 0.5) is 10.5 Å². The molecule has 1 aromatic carbocycles. The third-order valence-electron chi connectivity index (χ3n) is 7.09. The third kappa shape index (κ3) is 2.60. The number of carbonyl (C=O) groups is 3. The first-order valence-corrected chi connectivity index (χ1v) is 10.7. The molecule has 4 aliphatic rings. The highest BCUT2D eigenvalue weighted by atomic mass is 16.6. The molecule has 3 fully saturated rings. The number of amides is 3. The summed E-state index contributed by atoms with van der Waals surface area (Å²) in [4.78, 5) is 45.3. The molecule has 2 saturated heterocycles. The summed E-state index contributed by atoms with van der Waals surface area (Å²) in [6, 6.07) is 9.51. The SMILES string of the molecule is O=C1O[C@]2(CCN(C(=O)C3(c4ccc(N5CCNC5=O)cc4)CC3)C2)c2ccncc21. The van der Waals surface area contributed by atoms with Gasteiger partial charge in [0.2, 0.25) is 5.91 Å². The molecule has 1 atom stereocenters. The molecule has 8 heteroatoms. The van der Waals surface area contributed by atoms with E-state index in [2.05, 4.69) is 10.3 Å². The number of likely N-dealkylation sites (tertiary alicyclic amines) is 1. The predicted octanol–water partition coefficient (Wildman–Crippen LogP) is 1.94. The number of nitrogens with one attached hydrogen (secondary N) is 1. The van der Waals surface area contributed by atoms with Crippen LogP contribution in [0.15, 0.2) is 42.7 Å². The summed E-state index contributed by atoms with van der Waals surface area (Å²) in [5.41, 5.74) is 1.88. The van der Waals surface area contributed by atoms with Gasteiger partial charge in [0.1, 0.15) is 0 Å². The molecule has 2 aromatic rings. The highest BCUT2D eigenvalue weighted by molar-refractivity contribution is 5.96. The molecule has 3 amide bonds. The van der Waals surface area contributed by atoms with Crippen molar-refractivity contribution in [1.82, 2.24) is 15.2 Å². The highest BCUT2D eigenvalue weighted by Gasteiger charge is 2.57. The Morgan fingerprint density at radius 2 is 1.87 bits per heavy atom. The van der Waals surface area contributed by atoms with Crippen LogP contribution in [-0.2, 0) is 20.5 Å². The molecule has 0 unspecified atom stereocenters. The summed E-state index contributed by atoms with van der Waals surface area (Å²) in [6.07, 6.45) is 5.41. The van der Waals surface area contributed by atoms with Gasteiger partial charge in [-0.05, 0) is 36.6 Å². The smallest absolute Gasteiger partial charge is 0.341 e. The second kappa shape index (κ2) is 6.29. The molecule has 3 aliphatic heterocycles. The van der Waals surface area contributed by atoms with Gasteiger partial charge in [0.25, 0.3) is 0 Å². The van der Waals surface area contributed by atoms with Crippen molar-refractivity contribution in [2.45, 2.75) is 30.3 Å². The van der Waals surface area contributed by atoms with E-state index in [0.717, 1.165) is 29.7 Å². The molecule has 1 spiro atoms. The van der Waals surface area contributed by atoms with E-state index in [1.165, 1.54) is 0 Å². The highest BCUT2D eigenvalue weighted by Crippen LogP contribution is 2.52. The maximum atomic E-state index is 13.6. The minimum atomic E-state index is -0.756. The fraction of sp³-hybridized carbons (Fsp3) is 0.391. The average Bonchev–Trinajstić information content (AvgIpc) is 3.18. The number of rotatable bonds is 3. The number of benzene rings is 1. The van der Waals surface area contributed by atoms with Crippen LogP contribution >= 0.6 is 0 Å². The Kier molecular flexibility index (Phi) is 3.73. The van der Waals surface area contributed by atoms with E-state index in [9.17, 15) is 14.4 Å². The lowest BCUT2D eigenvalue weighted by molar-refractivity contribution is -0.134. The summed E-state index contributed by atoms with van der Waals surface area (Å²) in [7, 11) is 0. The summed E-state index contributed by atoms with van der Waals surface area (Å²) in [5.74, 6) is -0.269. The van der Waals surface area contributed by atoms with Crippen LogP contribution < -0.4 is 10.2 Å². The van der Waals surface area contributed by atoms with Crippen LogP contribution in [0.3, 0.4) is 0 Å². The first-order valence-electron chi connectivity index (χ1n) is 10.7. The van der Waals surface area contributed by atoms with Gasteiger partial charge in [-0.15, -0.1) is 0 Å². The monoisotopic (exact) mass is 418 g/mol. The molecular formula is C23H22N4O4. The zero-order valence-electron chi connectivity index (χ0n) is 17.0. The molecule has 158 valence electrons. The fourth-order valence-electron chi connectivity index (χ4n) is 5.23. The first kappa shape index (κ1) is 18.4. The minimum absolute atomic E-state index is 0.0890. The van der Waals surface area contributed by atoms with E-state index in [4.69, 9.17) is 4.74 Å². The average molecular weight is 418 g/mol. The standard InChI is InChI=1S/C23H22N4O4/c28-19-17-13-24-9-5-18(17)23(31-19)8-11-26(14-23)20(29)22(6-7-22)15-1-3-16(4-2-15)27-12-10-25-21(27)30/h1-5,9,13H,6-8,10-12,14H2,(H,25,30)/t23-/m0/s1. The number of fused-ring (bicyclic) bond motifs is 2. The number of hydrogen-bond acceptors (Lipinski definition) is 5. The number of urea groups is 1. The molecule has 1 aromatic heterocycles. The first-order chi connectivity index (χ1) is 15.0. The van der Waals surface area contributed by atoms with Gasteiger partial charge in [-0.25, -0.2) is 9.59 Å². The van der Waals surface area contributed by atoms with Crippen molar-refractivity contribution in [2.75, 3.05) is 31.1 Å². The van der Waals surface area contributed by atoms with Crippen LogP contribution in [0.5, 0.6) is 0 Å². The van der Waals surface area contributed by atoms with Crippen molar-refractivity contribution in [3.8, 4) is 0 Å². The third-order valence-corrected chi connectivity index (χ3v) is 7.09. The van der Waals surface area contributed by atoms with E-state index in [-0.39, 0.29) is 17.9 Å². The Hall–Kier alpha value is -3.42. The van der Waals surface area contributed by atoms with Crippen molar-refractivity contribution in [3.63, 3.8) is 0 Å². The molecule has 4 heterocycles. The van der Waals surface area contributed by atoms with Gasteiger partial charge < -0.3 is 15.0 Å². The van der Waals surface area contributed by atoms with Crippen molar-refractivity contribution < 1.29 is 19.1 Å². The van der Waals surface area contributed by atoms with Crippen LogP contribution in [0.2, 0.25) is 0 Å². The van der Waals surface area contributed by atoms with Crippen LogP contribution in [0.1, 0.15) is 40.7 Å². The molecule has 31 heavy (non-hydrogen) atoms. The molecule has 0 bridgehead atoms. The Morgan fingerprint density at radius 3 is 2.58 bits per heavy atom. The van der Waals surface area contributed by atoms with E-state index in [0.29, 0.717) is 38.2 Å². The molecule has 1 saturated carbocycles. The van der Waals surface area contributed by atoms with E-state index >= 15 is 0 Å². The van der Waals surface area contributed by atoms with Gasteiger partial charge in [0.15, 0.2) is 5.60 Å². The number of anilines is 1. The summed E-state index contributed by atoms with van der Waals surface area (Å²) in [5, 5.41) is 2.80. The number of hydrogen-bond donors (Lipinski definition) is 1. The maximum Gasteiger partial charge on any atom is 0.341 e. The Morgan fingerprint density at radius 1 is 1.06 bits per heavy atom. The lowest BCUT2D eigenvalue weighted by atomic mass is 9.92. The van der Waals surface area contributed by atoms with E-state index < -0.39 is 11.0 Å². The number of nitrogens with zero attached hydrogens (tertiary/aromatic N) is 3. The Balaban J connectivity index is 1.23. The van der Waals surface area contributed by atoms with Crippen molar-refractivity contribution in [1.29, 1.82) is 0 Å². The van der Waals surface area contributed by atoms with E-state index in [1.54, 1.807) is 17.3 Å².